The maximum Gasteiger partial charge on any atom is 0.332 e. The number of benzene rings is 1. The van der Waals surface area contributed by atoms with E-state index in [0.29, 0.717) is 6.42 Å². The van der Waals surface area contributed by atoms with Gasteiger partial charge in [0, 0.05) is 18.7 Å². The molecule has 1 rings (SSSR count). The summed E-state index contributed by atoms with van der Waals surface area (Å²) in [6.45, 7) is 2.10. The molecule has 0 aliphatic rings. The quantitative estimate of drug-likeness (QED) is 0.661. The highest BCUT2D eigenvalue weighted by molar-refractivity contribution is 5.82. The lowest BCUT2D eigenvalue weighted by molar-refractivity contribution is -0.158. The van der Waals surface area contributed by atoms with Crippen LogP contribution in [0, 0.1) is 0 Å². The monoisotopic (exact) mass is 265 g/mol. The van der Waals surface area contributed by atoms with Gasteiger partial charge in [-0.1, -0.05) is 25.1 Å². The normalized spacial score (nSPS) is 11.5. The van der Waals surface area contributed by atoms with Gasteiger partial charge >= 0.3 is 5.97 Å². The second kappa shape index (κ2) is 8.10. The van der Waals surface area contributed by atoms with Crippen molar-refractivity contribution < 1.29 is 14.4 Å². The smallest absolute Gasteiger partial charge is 0.332 e. The van der Waals surface area contributed by atoms with Crippen molar-refractivity contribution in [2.24, 2.45) is 5.73 Å². The van der Waals surface area contributed by atoms with Crippen LogP contribution in [0.5, 0.6) is 0 Å². The maximum absolute atomic E-state index is 11.5. The number of hydrogen-bond acceptors (Lipinski definition) is 5. The minimum absolute atomic E-state index is 0.251. The van der Waals surface area contributed by atoms with Crippen molar-refractivity contribution in [2.45, 2.75) is 25.8 Å². The summed E-state index contributed by atoms with van der Waals surface area (Å²) in [6, 6.07) is 8.58. The number of amides is 1. The first kappa shape index (κ1) is 15.0. The lowest BCUT2D eigenvalue weighted by Gasteiger charge is -2.13. The van der Waals surface area contributed by atoms with Gasteiger partial charge in [0.05, 0.1) is 0 Å². The lowest BCUT2D eigenvalue weighted by Crippen LogP contribution is -2.45. The molecule has 0 bridgehead atoms. The summed E-state index contributed by atoms with van der Waals surface area (Å²) in [4.78, 5) is 27.1. The number of nitrogens with one attached hydrogen (secondary N) is 2. The fourth-order valence-corrected chi connectivity index (χ4v) is 1.31. The van der Waals surface area contributed by atoms with Crippen LogP contribution in [0.3, 0.4) is 0 Å². The summed E-state index contributed by atoms with van der Waals surface area (Å²) in [5.74, 6) is -1.01. The van der Waals surface area contributed by atoms with Crippen molar-refractivity contribution >= 4 is 17.6 Å². The molecule has 0 aliphatic heterocycles. The minimum atomic E-state index is -0.797. The molecule has 0 aromatic heterocycles. The Kier molecular flexibility index (Phi) is 6.38. The Morgan fingerprint density at radius 3 is 2.63 bits per heavy atom. The predicted octanol–water partition coefficient (Wildman–Crippen LogP) is 0.800. The Hall–Kier alpha value is -2.08. The van der Waals surface area contributed by atoms with Gasteiger partial charge in [0.15, 0.2) is 0 Å². The zero-order valence-corrected chi connectivity index (χ0v) is 10.9. The van der Waals surface area contributed by atoms with Crippen LogP contribution in [-0.2, 0) is 14.4 Å². The number of anilines is 1. The Balaban J connectivity index is 2.27. The van der Waals surface area contributed by atoms with E-state index >= 15 is 0 Å². The van der Waals surface area contributed by atoms with E-state index < -0.39 is 17.9 Å². The molecule has 1 aromatic carbocycles. The van der Waals surface area contributed by atoms with Gasteiger partial charge in [-0.2, -0.15) is 5.48 Å². The molecule has 4 N–H and O–H groups in total. The molecule has 19 heavy (non-hydrogen) atoms. The zero-order valence-electron chi connectivity index (χ0n) is 10.9. The van der Waals surface area contributed by atoms with E-state index in [2.05, 4.69) is 10.2 Å². The van der Waals surface area contributed by atoms with Gasteiger partial charge in [-0.25, -0.2) is 4.79 Å². The van der Waals surface area contributed by atoms with E-state index in [1.54, 1.807) is 0 Å². The zero-order chi connectivity index (χ0) is 14.1. The van der Waals surface area contributed by atoms with Gasteiger partial charge < -0.3 is 15.9 Å². The van der Waals surface area contributed by atoms with Crippen LogP contribution in [0.4, 0.5) is 5.69 Å². The average Bonchev–Trinajstić information content (AvgIpc) is 2.43. The van der Waals surface area contributed by atoms with Crippen LogP contribution in [0.25, 0.3) is 0 Å². The van der Waals surface area contributed by atoms with Crippen molar-refractivity contribution in [2.75, 3.05) is 11.9 Å². The number of rotatable bonds is 6. The van der Waals surface area contributed by atoms with Crippen LogP contribution in [-0.4, -0.2) is 24.5 Å². The maximum atomic E-state index is 11.5. The highest BCUT2D eigenvalue weighted by Crippen LogP contribution is 2.04. The van der Waals surface area contributed by atoms with Crippen LogP contribution in [0.1, 0.15) is 19.8 Å². The largest absolute Gasteiger partial charge is 0.383 e. The van der Waals surface area contributed by atoms with Gasteiger partial charge in [-0.3, -0.25) is 4.79 Å². The van der Waals surface area contributed by atoms with Gasteiger partial charge in [0.2, 0.25) is 0 Å². The van der Waals surface area contributed by atoms with Crippen LogP contribution < -0.4 is 16.5 Å². The molecule has 6 nitrogen and oxygen atoms in total. The van der Waals surface area contributed by atoms with Crippen molar-refractivity contribution in [1.29, 1.82) is 0 Å². The van der Waals surface area contributed by atoms with Crippen LogP contribution >= 0.6 is 0 Å². The van der Waals surface area contributed by atoms with Crippen LogP contribution in [0.2, 0.25) is 0 Å². The molecular weight excluding hydrogens is 246 g/mol. The van der Waals surface area contributed by atoms with Gasteiger partial charge in [0.25, 0.3) is 5.91 Å². The first-order chi connectivity index (χ1) is 9.13. The third-order valence-electron chi connectivity index (χ3n) is 2.36. The first-order valence-electron chi connectivity index (χ1n) is 6.17. The molecule has 1 atom stereocenters. The third kappa shape index (κ3) is 5.87. The standard InChI is InChI=1S/C13H19N3O3/c1-2-6-12(17)19-16-13(18)11(14)9-15-10-7-4-3-5-8-10/h3-5,7-8,11,15H,2,6,9,14H2,1H3,(H,16,18). The van der Waals surface area contributed by atoms with E-state index in [0.717, 1.165) is 5.69 Å². The molecule has 0 heterocycles. The molecule has 0 saturated carbocycles. The first-order valence-corrected chi connectivity index (χ1v) is 6.17. The van der Waals surface area contributed by atoms with Crippen molar-refractivity contribution in [3.63, 3.8) is 0 Å². The van der Waals surface area contributed by atoms with Crippen molar-refractivity contribution in [3.8, 4) is 0 Å². The molecule has 0 aliphatic carbocycles. The van der Waals surface area contributed by atoms with E-state index in [4.69, 9.17) is 5.73 Å². The second-order valence-corrected chi connectivity index (χ2v) is 4.04. The summed E-state index contributed by atoms with van der Waals surface area (Å²) in [5.41, 5.74) is 8.58. The predicted molar refractivity (Wildman–Crippen MR) is 72.0 cm³/mol. The third-order valence-corrected chi connectivity index (χ3v) is 2.36. The Morgan fingerprint density at radius 2 is 2.00 bits per heavy atom. The SMILES string of the molecule is CCCC(=O)ONC(=O)C(N)CNc1ccccc1. The summed E-state index contributed by atoms with van der Waals surface area (Å²) < 4.78 is 0. The van der Waals surface area contributed by atoms with Gasteiger partial charge in [0.1, 0.15) is 6.04 Å². The number of nitrogens with two attached hydrogens (primary N) is 1. The molecule has 0 fully saturated rings. The lowest BCUT2D eigenvalue weighted by atomic mass is 10.2. The van der Waals surface area contributed by atoms with E-state index in [1.807, 2.05) is 42.7 Å². The Labute approximate surface area is 112 Å². The second-order valence-electron chi connectivity index (χ2n) is 4.04. The number of carbonyl (C=O) groups excluding carboxylic acids is 2. The summed E-state index contributed by atoms with van der Waals surface area (Å²) in [5, 5.41) is 3.01. The minimum Gasteiger partial charge on any atom is -0.383 e. The van der Waals surface area contributed by atoms with Crippen LogP contribution in [0.15, 0.2) is 30.3 Å². The van der Waals surface area contributed by atoms with Gasteiger partial charge in [-0.15, -0.1) is 0 Å². The number of hydroxylamine groups is 1. The molecule has 1 unspecified atom stereocenters. The summed E-state index contributed by atoms with van der Waals surface area (Å²) in [7, 11) is 0. The van der Waals surface area contributed by atoms with Crippen molar-refractivity contribution in [1.82, 2.24) is 5.48 Å². The topological polar surface area (TPSA) is 93.5 Å². The molecule has 6 heteroatoms. The van der Waals surface area contributed by atoms with Gasteiger partial charge in [-0.05, 0) is 18.6 Å². The number of hydrogen-bond donors (Lipinski definition) is 3. The average molecular weight is 265 g/mol. The highest BCUT2D eigenvalue weighted by Gasteiger charge is 2.14. The molecule has 0 saturated heterocycles. The fourth-order valence-electron chi connectivity index (χ4n) is 1.31. The fraction of sp³-hybridized carbons (Fsp3) is 0.385. The van der Waals surface area contributed by atoms with Crippen molar-refractivity contribution in [3.05, 3.63) is 30.3 Å². The number of para-hydroxylation sites is 1. The highest BCUT2D eigenvalue weighted by atomic mass is 16.7. The summed E-state index contributed by atoms with van der Waals surface area (Å²) in [6.07, 6.45) is 0.925. The number of carbonyl (C=O) groups is 2. The Bertz CT molecular complexity index is 409. The summed E-state index contributed by atoms with van der Waals surface area (Å²) >= 11 is 0. The molecule has 0 radical (unpaired) electrons. The Morgan fingerprint density at radius 1 is 1.32 bits per heavy atom. The molecule has 0 spiro atoms. The molecule has 1 aromatic rings. The molecular formula is C13H19N3O3. The van der Waals surface area contributed by atoms with E-state index in [1.165, 1.54) is 0 Å². The molecule has 104 valence electrons. The molecule has 1 amide bonds. The van der Waals surface area contributed by atoms with E-state index in [9.17, 15) is 9.59 Å². The van der Waals surface area contributed by atoms with E-state index in [-0.39, 0.29) is 13.0 Å².